The van der Waals surface area contributed by atoms with Gasteiger partial charge in [0.2, 0.25) is 11.8 Å². The molecule has 2 aromatic carbocycles. The van der Waals surface area contributed by atoms with Crippen LogP contribution in [-0.4, -0.2) is 91.0 Å². The van der Waals surface area contributed by atoms with Crippen LogP contribution in [0.15, 0.2) is 48.5 Å². The second-order valence-corrected chi connectivity index (χ2v) is 13.1. The van der Waals surface area contributed by atoms with Crippen molar-refractivity contribution < 1.29 is 45.5 Å². The summed E-state index contributed by atoms with van der Waals surface area (Å²) in [6.07, 6.45) is 0.645. The molecule has 0 spiro atoms. The summed E-state index contributed by atoms with van der Waals surface area (Å²) in [5.74, 6) is -4.04. The number of rotatable bonds is 10. The van der Waals surface area contributed by atoms with Crippen molar-refractivity contribution in [3.63, 3.8) is 0 Å². The molecule has 9 nitrogen and oxygen atoms in total. The molecule has 2 heterocycles. The van der Waals surface area contributed by atoms with Gasteiger partial charge in [0.25, 0.3) is 0 Å². The Balaban J connectivity index is 0.000000646. The zero-order chi connectivity index (χ0) is 31.9. The fourth-order valence-corrected chi connectivity index (χ4v) is 6.32. The first kappa shape index (κ1) is 34.0. The number of fused-ring (bicyclic) bond motifs is 2. The van der Waals surface area contributed by atoms with Crippen molar-refractivity contribution in [2.75, 3.05) is 31.6 Å². The lowest BCUT2D eigenvalue weighted by molar-refractivity contribution is -0.192. The molecule has 2 atom stereocenters. The molecule has 2 unspecified atom stereocenters. The molecule has 43 heavy (non-hydrogen) atoms. The zero-order valence-corrected chi connectivity index (χ0v) is 24.4. The van der Waals surface area contributed by atoms with Crippen molar-refractivity contribution in [1.29, 1.82) is 0 Å². The van der Waals surface area contributed by atoms with Gasteiger partial charge in [0.15, 0.2) is 9.84 Å². The maximum atomic E-state index is 13.2. The zero-order valence-electron chi connectivity index (χ0n) is 23.6. The van der Waals surface area contributed by atoms with Crippen molar-refractivity contribution in [3.8, 4) is 0 Å². The van der Waals surface area contributed by atoms with Crippen LogP contribution in [0.5, 0.6) is 0 Å². The van der Waals surface area contributed by atoms with Crippen molar-refractivity contribution in [1.82, 2.24) is 9.80 Å². The van der Waals surface area contributed by atoms with Crippen LogP contribution in [-0.2, 0) is 25.8 Å². The van der Waals surface area contributed by atoms with E-state index in [2.05, 4.69) is 11.0 Å². The number of alkyl halides is 3. The Kier molecular flexibility index (Phi) is 11.3. The summed E-state index contributed by atoms with van der Waals surface area (Å²) in [5.41, 5.74) is 8.04. The maximum Gasteiger partial charge on any atom is 0.490 e. The average molecular weight is 630 g/mol. The second-order valence-electron chi connectivity index (χ2n) is 10.9. The van der Waals surface area contributed by atoms with Crippen LogP contribution in [0.2, 0.25) is 0 Å². The average Bonchev–Trinajstić information content (AvgIpc) is 3.14. The summed E-state index contributed by atoms with van der Waals surface area (Å²) >= 11 is 0. The number of carboxylic acids is 1. The highest BCUT2D eigenvalue weighted by Gasteiger charge is 2.41. The molecule has 2 bridgehead atoms. The van der Waals surface area contributed by atoms with E-state index >= 15 is 0 Å². The molecule has 14 heteroatoms. The van der Waals surface area contributed by atoms with E-state index in [1.807, 2.05) is 12.1 Å². The highest BCUT2D eigenvalue weighted by atomic mass is 32.2. The van der Waals surface area contributed by atoms with Gasteiger partial charge in [-0.1, -0.05) is 24.3 Å². The number of nitrogens with zero attached hydrogens (tertiary/aromatic N) is 2. The fourth-order valence-electron chi connectivity index (χ4n) is 5.69. The first-order valence-electron chi connectivity index (χ1n) is 13.7. The monoisotopic (exact) mass is 629 g/mol. The number of nitrogens with two attached hydrogens (primary N) is 1. The highest BCUT2D eigenvalue weighted by Crippen LogP contribution is 2.43. The van der Waals surface area contributed by atoms with Crippen LogP contribution in [0.1, 0.15) is 53.1 Å². The van der Waals surface area contributed by atoms with Gasteiger partial charge in [-0.2, -0.15) is 13.2 Å². The van der Waals surface area contributed by atoms with E-state index in [0.29, 0.717) is 49.6 Å². The van der Waals surface area contributed by atoms with Gasteiger partial charge in [0.05, 0.1) is 0 Å². The van der Waals surface area contributed by atoms with Gasteiger partial charge in [0.1, 0.15) is 11.6 Å². The predicted octanol–water partition coefficient (Wildman–Crippen LogP) is 3.38. The number of carbonyl (C=O) groups is 3. The Morgan fingerprint density at radius 3 is 2.12 bits per heavy atom. The molecule has 2 aliphatic heterocycles. The summed E-state index contributed by atoms with van der Waals surface area (Å²) in [5, 5.41) is 7.12. The van der Waals surface area contributed by atoms with Crippen LogP contribution in [0.4, 0.5) is 17.6 Å². The Labute approximate surface area is 247 Å². The fraction of sp³-hybridized carbons (Fsp3) is 0.483. The lowest BCUT2D eigenvalue weighted by Gasteiger charge is -2.40. The standard InChI is InChI=1S/C27H34FN3O4S.C2HF3O2/c1-36(34,35)18-26(32)30(12-11-19-5-7-23(28)8-6-19)13-14-31-24-9-10-25(31)17-22(16-24)20-3-2-4-21(15-20)27(29)33;3-2(4,5)1(6)7/h2-8,15,22,24-25H,9-14,16-18H2,1H3,(H2,29,33);(H,6,7). The number of amides is 2. The lowest BCUT2D eigenvalue weighted by Crippen LogP contribution is -2.48. The Hall–Kier alpha value is -3.52. The smallest absolute Gasteiger partial charge is 0.475 e. The number of hydrogen-bond acceptors (Lipinski definition) is 6. The van der Waals surface area contributed by atoms with Crippen LogP contribution < -0.4 is 5.73 Å². The van der Waals surface area contributed by atoms with Crippen molar-refractivity contribution in [2.24, 2.45) is 5.73 Å². The molecule has 0 aromatic heterocycles. The third-order valence-corrected chi connectivity index (χ3v) is 8.49. The highest BCUT2D eigenvalue weighted by molar-refractivity contribution is 7.91. The molecule has 236 valence electrons. The van der Waals surface area contributed by atoms with E-state index < -0.39 is 39.6 Å². The first-order chi connectivity index (χ1) is 20.0. The van der Waals surface area contributed by atoms with E-state index in [1.165, 1.54) is 12.1 Å². The van der Waals surface area contributed by atoms with E-state index in [4.69, 9.17) is 15.6 Å². The largest absolute Gasteiger partial charge is 0.490 e. The Bertz CT molecular complexity index is 1390. The summed E-state index contributed by atoms with van der Waals surface area (Å²) in [7, 11) is -3.44. The van der Waals surface area contributed by atoms with Crippen molar-refractivity contribution in [3.05, 3.63) is 71.0 Å². The first-order valence-corrected chi connectivity index (χ1v) is 15.7. The molecular weight excluding hydrogens is 594 g/mol. The summed E-state index contributed by atoms with van der Waals surface area (Å²) in [6, 6.07) is 14.5. The number of halogens is 4. The number of sulfone groups is 1. The molecule has 2 aliphatic rings. The summed E-state index contributed by atoms with van der Waals surface area (Å²) < 4.78 is 68.5. The molecule has 2 saturated heterocycles. The van der Waals surface area contributed by atoms with E-state index in [9.17, 15) is 35.6 Å². The number of primary amides is 1. The number of aliphatic carboxylic acids is 1. The lowest BCUT2D eigenvalue weighted by atomic mass is 9.84. The van der Waals surface area contributed by atoms with Gasteiger partial charge in [-0.05, 0) is 73.4 Å². The van der Waals surface area contributed by atoms with Crippen LogP contribution >= 0.6 is 0 Å². The number of benzene rings is 2. The summed E-state index contributed by atoms with van der Waals surface area (Å²) in [6.45, 7) is 1.51. The molecule has 2 aromatic rings. The molecule has 2 amide bonds. The number of carboxylic acid groups (broad SMARTS) is 1. The minimum Gasteiger partial charge on any atom is -0.475 e. The third-order valence-electron chi connectivity index (χ3n) is 7.72. The van der Waals surface area contributed by atoms with Crippen molar-refractivity contribution >= 4 is 27.6 Å². The predicted molar refractivity (Wildman–Crippen MR) is 151 cm³/mol. The molecule has 0 aliphatic carbocycles. The number of carbonyl (C=O) groups excluding carboxylic acids is 2. The normalized spacial score (nSPS) is 20.2. The SMILES string of the molecule is CS(=O)(=O)CC(=O)N(CCc1ccc(F)cc1)CCN1C2CCC1CC(c1cccc(C(N)=O)c1)C2.O=C(O)C(F)(F)F. The molecule has 2 fully saturated rings. The minimum atomic E-state index is -5.08. The molecule has 0 saturated carbocycles. The molecule has 0 radical (unpaired) electrons. The quantitative estimate of drug-likeness (QED) is 0.385. The second kappa shape index (κ2) is 14.3. The van der Waals surface area contributed by atoms with E-state index in [1.54, 1.807) is 23.1 Å². The Morgan fingerprint density at radius 1 is 1.02 bits per heavy atom. The maximum absolute atomic E-state index is 13.2. The summed E-state index contributed by atoms with van der Waals surface area (Å²) in [4.78, 5) is 37.4. The molecular formula is C29H35F4N3O6S. The van der Waals surface area contributed by atoms with Crippen LogP contribution in [0.3, 0.4) is 0 Å². The van der Waals surface area contributed by atoms with Gasteiger partial charge in [-0.3, -0.25) is 14.5 Å². The van der Waals surface area contributed by atoms with Gasteiger partial charge in [-0.15, -0.1) is 0 Å². The Morgan fingerprint density at radius 2 is 1.60 bits per heavy atom. The van der Waals surface area contributed by atoms with Gasteiger partial charge in [-0.25, -0.2) is 17.6 Å². The van der Waals surface area contributed by atoms with Crippen LogP contribution in [0.25, 0.3) is 0 Å². The van der Waals surface area contributed by atoms with E-state index in [-0.39, 0.29) is 5.82 Å². The molecule has 4 rings (SSSR count). The van der Waals surface area contributed by atoms with E-state index in [0.717, 1.165) is 43.1 Å². The van der Waals surface area contributed by atoms with Gasteiger partial charge < -0.3 is 15.7 Å². The number of piperidine rings is 1. The van der Waals surface area contributed by atoms with Crippen molar-refractivity contribution in [2.45, 2.75) is 56.3 Å². The number of hydrogen-bond donors (Lipinski definition) is 2. The minimum absolute atomic E-state index is 0.316. The topological polar surface area (TPSA) is 138 Å². The van der Waals surface area contributed by atoms with Gasteiger partial charge >= 0.3 is 12.1 Å². The molecule has 3 N–H and O–H groups in total. The third kappa shape index (κ3) is 10.3. The van der Waals surface area contributed by atoms with Crippen LogP contribution in [0, 0.1) is 5.82 Å². The van der Waals surface area contributed by atoms with Gasteiger partial charge in [0, 0.05) is 43.5 Å².